The van der Waals surface area contributed by atoms with Gasteiger partial charge in [-0.25, -0.2) is 4.79 Å². The number of benzene rings is 1. The topological polar surface area (TPSA) is 135 Å². The van der Waals surface area contributed by atoms with Gasteiger partial charge in [0.1, 0.15) is 25.0 Å². The fourth-order valence-electron chi connectivity index (χ4n) is 3.31. The number of para-hydroxylation sites is 1. The monoisotopic (exact) mass is 495 g/mol. The summed E-state index contributed by atoms with van der Waals surface area (Å²) in [5.74, 6) is -0.227. The number of aliphatic hydroxyl groups is 1. The van der Waals surface area contributed by atoms with Crippen molar-refractivity contribution in [3.63, 3.8) is 0 Å². The lowest BCUT2D eigenvalue weighted by molar-refractivity contribution is -0.133. The van der Waals surface area contributed by atoms with Gasteiger partial charge < -0.3 is 35.3 Å². The number of aliphatic hydroxyl groups excluding tert-OH is 1. The standard InChI is InChI=1S/C25H41N3O7/c1-17(2)15-20(22(29)24(31)26-11-12-34-19-9-7-6-8-10-19)27-23(30)21(16-18(3)4)28-25(32)35-14-13-33-5/h6-10,17-18,20-22,29H,11-16H2,1-5H3,(H,26,31)(H,27,30)(H,28,32). The molecule has 4 N–H and O–H groups in total. The number of methoxy groups -OCH3 is 1. The van der Waals surface area contributed by atoms with Crippen LogP contribution in [0.1, 0.15) is 40.5 Å². The first kappa shape index (κ1) is 30.2. The number of rotatable bonds is 16. The van der Waals surface area contributed by atoms with Gasteiger partial charge in [-0.15, -0.1) is 0 Å². The summed E-state index contributed by atoms with van der Waals surface area (Å²) >= 11 is 0. The first-order chi connectivity index (χ1) is 16.6. The molecule has 10 nitrogen and oxygen atoms in total. The summed E-state index contributed by atoms with van der Waals surface area (Å²) in [6, 6.07) is 7.46. The Morgan fingerprint density at radius 3 is 2.14 bits per heavy atom. The highest BCUT2D eigenvalue weighted by molar-refractivity contribution is 5.87. The lowest BCUT2D eigenvalue weighted by Crippen LogP contribution is -2.56. The molecule has 10 heteroatoms. The van der Waals surface area contributed by atoms with Gasteiger partial charge in [0.25, 0.3) is 5.91 Å². The van der Waals surface area contributed by atoms with E-state index in [2.05, 4.69) is 16.0 Å². The van der Waals surface area contributed by atoms with E-state index in [1.165, 1.54) is 7.11 Å². The highest BCUT2D eigenvalue weighted by atomic mass is 16.6. The van der Waals surface area contributed by atoms with Crippen molar-refractivity contribution in [1.29, 1.82) is 0 Å². The van der Waals surface area contributed by atoms with E-state index in [1.54, 1.807) is 12.1 Å². The SMILES string of the molecule is COCCOC(=O)NC(CC(C)C)C(=O)NC(CC(C)C)C(O)C(=O)NCCOc1ccccc1. The van der Waals surface area contributed by atoms with E-state index in [0.29, 0.717) is 18.6 Å². The van der Waals surface area contributed by atoms with Crippen LogP contribution in [0, 0.1) is 11.8 Å². The Morgan fingerprint density at radius 2 is 1.54 bits per heavy atom. The maximum absolute atomic E-state index is 13.0. The molecular weight excluding hydrogens is 454 g/mol. The number of amides is 3. The molecule has 0 radical (unpaired) electrons. The number of ether oxygens (including phenoxy) is 3. The average Bonchev–Trinajstić information content (AvgIpc) is 2.80. The van der Waals surface area contributed by atoms with Crippen LogP contribution in [0.2, 0.25) is 0 Å². The fourth-order valence-corrected chi connectivity index (χ4v) is 3.31. The van der Waals surface area contributed by atoms with Crippen LogP contribution >= 0.6 is 0 Å². The van der Waals surface area contributed by atoms with Crippen molar-refractivity contribution in [1.82, 2.24) is 16.0 Å². The maximum atomic E-state index is 13.0. The summed E-state index contributed by atoms with van der Waals surface area (Å²) in [5, 5.41) is 18.6. The Labute approximate surface area is 208 Å². The molecule has 1 aromatic carbocycles. The van der Waals surface area contributed by atoms with E-state index in [-0.39, 0.29) is 38.2 Å². The molecule has 0 saturated heterocycles. The Morgan fingerprint density at radius 1 is 0.886 bits per heavy atom. The molecule has 0 aromatic heterocycles. The summed E-state index contributed by atoms with van der Waals surface area (Å²) < 4.78 is 15.4. The van der Waals surface area contributed by atoms with Gasteiger partial charge in [0, 0.05) is 7.11 Å². The first-order valence-corrected chi connectivity index (χ1v) is 12.0. The van der Waals surface area contributed by atoms with E-state index in [1.807, 2.05) is 45.9 Å². The molecule has 35 heavy (non-hydrogen) atoms. The van der Waals surface area contributed by atoms with Gasteiger partial charge in [-0.05, 0) is 36.8 Å². The minimum atomic E-state index is -1.47. The summed E-state index contributed by atoms with van der Waals surface area (Å²) in [5.41, 5.74) is 0. The Balaban J connectivity index is 2.70. The van der Waals surface area contributed by atoms with Crippen LogP contribution in [0.25, 0.3) is 0 Å². The lowest BCUT2D eigenvalue weighted by Gasteiger charge is -2.28. The van der Waals surface area contributed by atoms with E-state index in [9.17, 15) is 19.5 Å². The second-order valence-electron chi connectivity index (χ2n) is 9.10. The molecule has 0 heterocycles. The second kappa shape index (κ2) is 16.7. The lowest BCUT2D eigenvalue weighted by atomic mass is 9.97. The number of carbonyl (C=O) groups is 3. The van der Waals surface area contributed by atoms with Gasteiger partial charge in [0.15, 0.2) is 6.10 Å². The largest absolute Gasteiger partial charge is 0.492 e. The number of hydrogen-bond donors (Lipinski definition) is 4. The molecular formula is C25H41N3O7. The molecule has 1 aromatic rings. The summed E-state index contributed by atoms with van der Waals surface area (Å²) in [4.78, 5) is 37.6. The number of alkyl carbamates (subject to hydrolysis) is 1. The van der Waals surface area contributed by atoms with Gasteiger partial charge >= 0.3 is 6.09 Å². The zero-order valence-corrected chi connectivity index (χ0v) is 21.4. The van der Waals surface area contributed by atoms with Crippen molar-refractivity contribution in [2.45, 2.75) is 58.7 Å². The molecule has 0 saturated carbocycles. The molecule has 0 spiro atoms. The van der Waals surface area contributed by atoms with Crippen LogP contribution in [-0.4, -0.2) is 74.7 Å². The second-order valence-corrected chi connectivity index (χ2v) is 9.10. The molecule has 0 aliphatic rings. The average molecular weight is 496 g/mol. The van der Waals surface area contributed by atoms with Gasteiger partial charge in [-0.3, -0.25) is 9.59 Å². The number of nitrogens with one attached hydrogen (secondary N) is 3. The third kappa shape index (κ3) is 13.0. The van der Waals surface area contributed by atoms with Crippen LogP contribution in [-0.2, 0) is 19.1 Å². The van der Waals surface area contributed by atoms with Crippen molar-refractivity contribution in [3.05, 3.63) is 30.3 Å². The normalized spacial score (nSPS) is 13.6. The summed E-state index contributed by atoms with van der Waals surface area (Å²) in [6.45, 7) is 8.41. The van der Waals surface area contributed by atoms with Gasteiger partial charge in [0.05, 0.1) is 19.2 Å². The third-order valence-electron chi connectivity index (χ3n) is 4.95. The summed E-state index contributed by atoms with van der Waals surface area (Å²) in [6.07, 6.45) is -1.47. The van der Waals surface area contributed by atoms with E-state index >= 15 is 0 Å². The minimum Gasteiger partial charge on any atom is -0.492 e. The molecule has 0 bridgehead atoms. The summed E-state index contributed by atoms with van der Waals surface area (Å²) in [7, 11) is 1.49. The third-order valence-corrected chi connectivity index (χ3v) is 4.95. The predicted molar refractivity (Wildman–Crippen MR) is 132 cm³/mol. The predicted octanol–water partition coefficient (Wildman–Crippen LogP) is 1.86. The van der Waals surface area contributed by atoms with Crippen molar-refractivity contribution in [2.24, 2.45) is 11.8 Å². The smallest absolute Gasteiger partial charge is 0.407 e. The van der Waals surface area contributed by atoms with Crippen molar-refractivity contribution < 1.29 is 33.7 Å². The molecule has 3 unspecified atom stereocenters. The quantitative estimate of drug-likeness (QED) is 0.257. The zero-order valence-electron chi connectivity index (χ0n) is 21.4. The van der Waals surface area contributed by atoms with E-state index in [0.717, 1.165) is 0 Å². The molecule has 3 atom stereocenters. The van der Waals surface area contributed by atoms with Gasteiger partial charge in [0.2, 0.25) is 5.91 Å². The van der Waals surface area contributed by atoms with Crippen molar-refractivity contribution in [2.75, 3.05) is 33.5 Å². The molecule has 198 valence electrons. The molecule has 3 amide bonds. The van der Waals surface area contributed by atoms with E-state index < -0.39 is 36.1 Å². The van der Waals surface area contributed by atoms with Crippen LogP contribution in [0.5, 0.6) is 5.75 Å². The molecule has 1 rings (SSSR count). The van der Waals surface area contributed by atoms with Crippen molar-refractivity contribution >= 4 is 17.9 Å². The van der Waals surface area contributed by atoms with Crippen LogP contribution in [0.15, 0.2) is 30.3 Å². The van der Waals surface area contributed by atoms with Crippen LogP contribution in [0.3, 0.4) is 0 Å². The minimum absolute atomic E-state index is 0.0567. The molecule has 0 aliphatic carbocycles. The molecule has 0 aliphatic heterocycles. The Bertz CT molecular complexity index is 759. The highest BCUT2D eigenvalue weighted by Gasteiger charge is 2.31. The van der Waals surface area contributed by atoms with Crippen molar-refractivity contribution in [3.8, 4) is 5.75 Å². The van der Waals surface area contributed by atoms with E-state index in [4.69, 9.17) is 14.2 Å². The van der Waals surface area contributed by atoms with Crippen LogP contribution < -0.4 is 20.7 Å². The highest BCUT2D eigenvalue weighted by Crippen LogP contribution is 2.12. The van der Waals surface area contributed by atoms with Gasteiger partial charge in [-0.2, -0.15) is 0 Å². The van der Waals surface area contributed by atoms with Gasteiger partial charge in [-0.1, -0.05) is 45.9 Å². The Hall–Kier alpha value is -2.85. The molecule has 0 fully saturated rings. The Kier molecular flexibility index (Phi) is 14.4. The number of carbonyl (C=O) groups excluding carboxylic acids is 3. The van der Waals surface area contributed by atoms with Crippen LogP contribution in [0.4, 0.5) is 4.79 Å². The fraction of sp³-hybridized carbons (Fsp3) is 0.640. The zero-order chi connectivity index (χ0) is 26.2. The maximum Gasteiger partial charge on any atom is 0.407 e. The first-order valence-electron chi connectivity index (χ1n) is 12.0. The number of hydrogen-bond acceptors (Lipinski definition) is 7.